The maximum absolute atomic E-state index is 9.55. The maximum Gasteiger partial charge on any atom is 0.328 e. The molecule has 0 spiro atoms. The molecule has 0 bridgehead atoms. The van der Waals surface area contributed by atoms with E-state index in [1.165, 1.54) is 12.0 Å². The molecule has 6 N–H and O–H groups in total. The molecule has 0 aliphatic carbocycles. The van der Waals surface area contributed by atoms with E-state index >= 15 is 0 Å². The number of benzene rings is 1. The van der Waals surface area contributed by atoms with Gasteiger partial charge in [-0.15, -0.1) is 4.73 Å². The minimum Gasteiger partial charge on any atom is -0.478 e. The van der Waals surface area contributed by atoms with Crippen molar-refractivity contribution in [1.82, 2.24) is 19.6 Å². The van der Waals surface area contributed by atoms with Crippen LogP contribution in [-0.2, 0) is 9.59 Å². The number of rotatable bonds is 8. The molecule has 1 aliphatic rings. The number of halogens is 1. The summed E-state index contributed by atoms with van der Waals surface area (Å²) in [6.45, 7) is 2.92. The number of aromatic nitrogens is 3. The predicted molar refractivity (Wildman–Crippen MR) is 161 cm³/mol. The van der Waals surface area contributed by atoms with Crippen molar-refractivity contribution in [1.29, 1.82) is 5.41 Å². The summed E-state index contributed by atoms with van der Waals surface area (Å²) < 4.78 is 0.577. The van der Waals surface area contributed by atoms with E-state index in [-0.39, 0.29) is 11.4 Å². The summed E-state index contributed by atoms with van der Waals surface area (Å²) in [5.74, 6) is -1.36. The summed E-state index contributed by atoms with van der Waals surface area (Å²) in [4.78, 5) is 31.9. The van der Waals surface area contributed by atoms with Crippen molar-refractivity contribution in [3.05, 3.63) is 88.8 Å². The SMILES string of the molecule is CN(C)CCC(c1ccc(Cl)cc1)c1ccccn1.N=c1nc(N2CCCCC2)cc(N)n1O.O=C(O)/C=C\C(=O)O. The number of aliphatic carboxylic acids is 2. The Kier molecular flexibility index (Phi) is 14.0. The van der Waals surface area contributed by atoms with Crippen molar-refractivity contribution in [2.45, 2.75) is 31.6 Å². The fraction of sp³-hybridized carbons (Fsp3) is 0.345. The average molecular weight is 600 g/mol. The zero-order valence-corrected chi connectivity index (χ0v) is 24.5. The lowest BCUT2D eigenvalue weighted by Crippen LogP contribution is -2.33. The number of nitrogens with one attached hydrogen (secondary N) is 1. The van der Waals surface area contributed by atoms with Crippen molar-refractivity contribution in [3.63, 3.8) is 0 Å². The second kappa shape index (κ2) is 17.4. The maximum atomic E-state index is 9.55. The number of anilines is 2. The van der Waals surface area contributed by atoms with Gasteiger partial charge in [0.2, 0.25) is 0 Å². The summed E-state index contributed by atoms with van der Waals surface area (Å²) >= 11 is 5.97. The van der Waals surface area contributed by atoms with Crippen LogP contribution in [-0.4, -0.2) is 80.7 Å². The highest BCUT2D eigenvalue weighted by atomic mass is 35.5. The van der Waals surface area contributed by atoms with E-state index in [4.69, 9.17) is 33.0 Å². The zero-order valence-electron chi connectivity index (χ0n) is 23.7. The molecule has 12 nitrogen and oxygen atoms in total. The van der Waals surface area contributed by atoms with Crippen LogP contribution >= 0.6 is 11.6 Å². The van der Waals surface area contributed by atoms with Gasteiger partial charge in [-0.3, -0.25) is 10.4 Å². The molecule has 0 amide bonds. The third-order valence-corrected chi connectivity index (χ3v) is 6.43. The molecular weight excluding hydrogens is 562 g/mol. The van der Waals surface area contributed by atoms with Gasteiger partial charge < -0.3 is 31.0 Å². The molecule has 226 valence electrons. The second-order valence-electron chi connectivity index (χ2n) is 9.68. The van der Waals surface area contributed by atoms with Gasteiger partial charge >= 0.3 is 11.9 Å². The molecule has 2 aromatic heterocycles. The van der Waals surface area contributed by atoms with E-state index < -0.39 is 11.9 Å². The lowest BCUT2D eigenvalue weighted by molar-refractivity contribution is -0.134. The zero-order chi connectivity index (χ0) is 31.1. The number of piperidine rings is 1. The van der Waals surface area contributed by atoms with Gasteiger partial charge in [0.25, 0.3) is 5.62 Å². The molecule has 1 atom stereocenters. The van der Waals surface area contributed by atoms with Gasteiger partial charge in [0.05, 0.1) is 0 Å². The highest BCUT2D eigenvalue weighted by Crippen LogP contribution is 2.27. The first-order valence-electron chi connectivity index (χ1n) is 13.3. The molecule has 4 rings (SSSR count). The number of nitrogens with two attached hydrogens (primary N) is 1. The molecule has 1 unspecified atom stereocenters. The van der Waals surface area contributed by atoms with Gasteiger partial charge in [0.15, 0.2) is 0 Å². The number of carboxylic acid groups (broad SMARTS) is 2. The Hall–Kier alpha value is -4.42. The predicted octanol–water partition coefficient (Wildman–Crippen LogP) is 3.70. The van der Waals surface area contributed by atoms with Crippen LogP contribution < -0.4 is 16.3 Å². The van der Waals surface area contributed by atoms with Crippen molar-refractivity contribution < 1.29 is 25.0 Å². The van der Waals surface area contributed by atoms with Crippen LogP contribution in [0, 0.1) is 5.41 Å². The lowest BCUT2D eigenvalue weighted by atomic mass is 9.92. The standard InChI is InChI=1S/C16H19ClN2.C9H15N5O.C4H4O4/c1-19(2)12-10-15(16-5-3-4-11-18-16)13-6-8-14(17)9-7-13;10-7-6-8(12-9(11)14(7)15)13-4-2-1-3-5-13;5-3(6)1-2-4(7)8/h3-9,11,15H,10,12H2,1-2H3;6,11,15H,1-5,10H2;1-2H,(H,5,6)(H,7,8)/b;;2-1-. The number of nitrogens with zero attached hydrogens (tertiary/aromatic N) is 5. The summed E-state index contributed by atoms with van der Waals surface area (Å²) in [5, 5.41) is 33.1. The molecule has 13 heteroatoms. The van der Waals surface area contributed by atoms with Gasteiger partial charge in [0, 0.05) is 54.1 Å². The van der Waals surface area contributed by atoms with Gasteiger partial charge in [0.1, 0.15) is 11.6 Å². The second-order valence-corrected chi connectivity index (χ2v) is 10.1. The molecule has 1 fully saturated rings. The van der Waals surface area contributed by atoms with Crippen LogP contribution in [0.4, 0.5) is 11.6 Å². The largest absolute Gasteiger partial charge is 0.478 e. The van der Waals surface area contributed by atoms with Crippen molar-refractivity contribution in [2.24, 2.45) is 0 Å². The average Bonchev–Trinajstić information content (AvgIpc) is 2.97. The van der Waals surface area contributed by atoms with E-state index in [2.05, 4.69) is 52.1 Å². The normalized spacial score (nSPS) is 13.5. The minimum atomic E-state index is -1.26. The fourth-order valence-corrected chi connectivity index (χ4v) is 4.21. The van der Waals surface area contributed by atoms with E-state index in [0.29, 0.717) is 28.6 Å². The number of pyridine rings is 1. The Bertz CT molecular complexity index is 1340. The van der Waals surface area contributed by atoms with E-state index in [0.717, 1.165) is 49.6 Å². The Morgan fingerprint density at radius 3 is 2.19 bits per heavy atom. The van der Waals surface area contributed by atoms with E-state index in [1.807, 2.05) is 30.5 Å². The van der Waals surface area contributed by atoms with Crippen molar-refractivity contribution >= 4 is 35.2 Å². The number of hydrogen-bond donors (Lipinski definition) is 5. The molecule has 3 heterocycles. The molecule has 1 aliphatic heterocycles. The Morgan fingerprint density at radius 1 is 1.07 bits per heavy atom. The highest BCUT2D eigenvalue weighted by molar-refractivity contribution is 6.30. The van der Waals surface area contributed by atoms with Crippen LogP contribution in [0.3, 0.4) is 0 Å². The molecule has 1 aromatic carbocycles. The van der Waals surface area contributed by atoms with Gasteiger partial charge in [-0.25, -0.2) is 9.59 Å². The van der Waals surface area contributed by atoms with Crippen LogP contribution in [0.25, 0.3) is 0 Å². The number of nitrogen functional groups attached to an aromatic ring is 1. The van der Waals surface area contributed by atoms with Gasteiger partial charge in [-0.2, -0.15) is 4.98 Å². The quantitative estimate of drug-likeness (QED) is 0.189. The van der Waals surface area contributed by atoms with Crippen LogP contribution in [0.1, 0.15) is 42.9 Å². The number of hydrogen-bond acceptors (Lipinski definition) is 9. The summed E-state index contributed by atoms with van der Waals surface area (Å²) in [7, 11) is 4.19. The third kappa shape index (κ3) is 12.0. The monoisotopic (exact) mass is 599 g/mol. The molecule has 3 aromatic rings. The number of carbonyl (C=O) groups is 2. The van der Waals surface area contributed by atoms with E-state index in [1.54, 1.807) is 6.07 Å². The molecule has 0 radical (unpaired) electrons. The van der Waals surface area contributed by atoms with Crippen LogP contribution in [0.15, 0.2) is 66.9 Å². The first-order valence-corrected chi connectivity index (χ1v) is 13.7. The first-order chi connectivity index (χ1) is 20.0. The summed E-state index contributed by atoms with van der Waals surface area (Å²) in [5.41, 5.74) is 7.71. The molecule has 42 heavy (non-hydrogen) atoms. The topological polar surface area (TPSA) is 182 Å². The highest BCUT2D eigenvalue weighted by Gasteiger charge is 2.16. The van der Waals surface area contributed by atoms with Crippen molar-refractivity contribution in [3.8, 4) is 0 Å². The van der Waals surface area contributed by atoms with Crippen molar-refractivity contribution in [2.75, 3.05) is 44.4 Å². The molecular formula is C29H38ClN7O5. The smallest absolute Gasteiger partial charge is 0.328 e. The third-order valence-electron chi connectivity index (χ3n) is 6.17. The van der Waals surface area contributed by atoms with Gasteiger partial charge in [-0.05, 0) is 76.2 Å². The minimum absolute atomic E-state index is 0.149. The van der Waals surface area contributed by atoms with Gasteiger partial charge in [-0.1, -0.05) is 29.8 Å². The summed E-state index contributed by atoms with van der Waals surface area (Å²) in [6.07, 6.45) is 7.54. The Morgan fingerprint density at radius 2 is 1.69 bits per heavy atom. The first kappa shape index (κ1) is 33.8. The summed E-state index contributed by atoms with van der Waals surface area (Å²) in [6, 6.07) is 15.8. The molecule has 0 saturated carbocycles. The molecule has 1 saturated heterocycles. The number of carboxylic acids is 2. The Labute approximate surface area is 249 Å². The van der Waals surface area contributed by atoms with E-state index in [9.17, 15) is 14.8 Å². The van der Waals surface area contributed by atoms with Crippen LogP contribution in [0.5, 0.6) is 0 Å². The van der Waals surface area contributed by atoms with Crippen LogP contribution in [0.2, 0.25) is 5.02 Å². The fourth-order valence-electron chi connectivity index (χ4n) is 4.08. The Balaban J connectivity index is 0.000000239. The lowest BCUT2D eigenvalue weighted by Gasteiger charge is -2.27.